The van der Waals surface area contributed by atoms with Crippen LogP contribution in [0.4, 0.5) is 0 Å². The number of aliphatic hydroxyl groups excluding tert-OH is 1. The topological polar surface area (TPSA) is 59.1 Å². The Morgan fingerprint density at radius 2 is 2.15 bits per heavy atom. The highest BCUT2D eigenvalue weighted by molar-refractivity contribution is 5.81. The van der Waals surface area contributed by atoms with Gasteiger partial charge in [0.15, 0.2) is 0 Å². The molecule has 0 amide bonds. The Kier molecular flexibility index (Phi) is 5.04. The lowest BCUT2D eigenvalue weighted by Gasteiger charge is -2.32. The molecule has 1 N–H and O–H groups in total. The normalized spacial score (nSPS) is 18.6. The van der Waals surface area contributed by atoms with Crippen molar-refractivity contribution in [3.63, 3.8) is 0 Å². The fraction of sp³-hybridized carbons (Fsp3) is 0.500. The molecule has 6 heteroatoms. The number of aliphatic hydroxyl groups is 1. The maximum Gasteiger partial charge on any atom is 0.0849 e. The number of likely N-dealkylation sites (tertiary alicyclic amines) is 1. The van der Waals surface area contributed by atoms with Crippen LogP contribution in [-0.2, 0) is 26.6 Å². The van der Waals surface area contributed by atoms with Gasteiger partial charge < -0.3 is 9.67 Å². The van der Waals surface area contributed by atoms with Crippen molar-refractivity contribution < 1.29 is 5.11 Å². The van der Waals surface area contributed by atoms with Gasteiger partial charge in [-0.05, 0) is 42.8 Å². The molecule has 26 heavy (non-hydrogen) atoms. The van der Waals surface area contributed by atoms with Crippen molar-refractivity contribution in [3.8, 4) is 0 Å². The molecule has 2 aromatic heterocycles. The van der Waals surface area contributed by atoms with Gasteiger partial charge in [-0.25, -0.2) is 0 Å². The second-order valence-corrected chi connectivity index (χ2v) is 7.40. The van der Waals surface area contributed by atoms with Crippen LogP contribution < -0.4 is 0 Å². The average molecular weight is 353 g/mol. The van der Waals surface area contributed by atoms with E-state index in [9.17, 15) is 0 Å². The van der Waals surface area contributed by atoms with E-state index in [1.165, 1.54) is 29.4 Å². The van der Waals surface area contributed by atoms with Crippen molar-refractivity contribution in [2.75, 3.05) is 19.7 Å². The molecule has 3 aromatic rings. The summed E-state index contributed by atoms with van der Waals surface area (Å²) in [5.74, 6) is 0.599. The van der Waals surface area contributed by atoms with Crippen LogP contribution in [0.1, 0.15) is 24.2 Å². The summed E-state index contributed by atoms with van der Waals surface area (Å²) in [4.78, 5) is 2.56. The Labute approximate surface area is 154 Å². The fourth-order valence-corrected chi connectivity index (χ4v) is 4.09. The molecule has 1 aliphatic heterocycles. The lowest BCUT2D eigenvalue weighted by atomic mass is 9.98. The first-order valence-electron chi connectivity index (χ1n) is 9.48. The zero-order chi connectivity index (χ0) is 17.9. The maximum absolute atomic E-state index is 9.01. The molecule has 1 atom stereocenters. The molecule has 6 nitrogen and oxygen atoms in total. The molecule has 0 saturated carbocycles. The van der Waals surface area contributed by atoms with E-state index >= 15 is 0 Å². The summed E-state index contributed by atoms with van der Waals surface area (Å²) in [5, 5.41) is 18.7. The van der Waals surface area contributed by atoms with E-state index in [4.69, 9.17) is 5.11 Å². The second-order valence-electron chi connectivity index (χ2n) is 7.40. The minimum atomic E-state index is 0.126. The molecule has 1 aromatic carbocycles. The number of aryl methyl sites for hydroxylation is 1. The number of nitrogens with zero attached hydrogens (tertiary/aromatic N) is 5. The van der Waals surface area contributed by atoms with Crippen molar-refractivity contribution in [2.24, 2.45) is 13.0 Å². The van der Waals surface area contributed by atoms with Gasteiger partial charge in [-0.15, -0.1) is 5.10 Å². The van der Waals surface area contributed by atoms with Gasteiger partial charge >= 0.3 is 0 Å². The number of hydrogen-bond acceptors (Lipinski definition) is 4. The van der Waals surface area contributed by atoms with Crippen molar-refractivity contribution >= 4 is 10.9 Å². The number of fused-ring (bicyclic) bond motifs is 1. The number of piperidine rings is 1. The molecular formula is C20H27N5O. The van der Waals surface area contributed by atoms with Gasteiger partial charge in [-0.1, -0.05) is 23.4 Å². The molecule has 1 fully saturated rings. The summed E-state index contributed by atoms with van der Waals surface area (Å²) >= 11 is 0. The Morgan fingerprint density at radius 1 is 1.27 bits per heavy atom. The van der Waals surface area contributed by atoms with Gasteiger partial charge in [0.25, 0.3) is 0 Å². The van der Waals surface area contributed by atoms with Crippen LogP contribution in [0.25, 0.3) is 10.9 Å². The van der Waals surface area contributed by atoms with Crippen LogP contribution in [0, 0.1) is 5.92 Å². The summed E-state index contributed by atoms with van der Waals surface area (Å²) in [6.07, 6.45) is 5.02. The van der Waals surface area contributed by atoms with E-state index in [-0.39, 0.29) is 6.61 Å². The van der Waals surface area contributed by atoms with Gasteiger partial charge in [-0.3, -0.25) is 9.58 Å². The number of rotatable bonds is 6. The zero-order valence-electron chi connectivity index (χ0n) is 15.4. The quantitative estimate of drug-likeness (QED) is 0.738. The molecule has 0 aliphatic carbocycles. The molecule has 0 spiro atoms. The van der Waals surface area contributed by atoms with Gasteiger partial charge in [-0.2, -0.15) is 0 Å². The Balaban J connectivity index is 1.40. The van der Waals surface area contributed by atoms with Crippen LogP contribution in [0.2, 0.25) is 0 Å². The van der Waals surface area contributed by atoms with Gasteiger partial charge in [0.2, 0.25) is 0 Å². The highest BCUT2D eigenvalue weighted by Crippen LogP contribution is 2.23. The highest BCUT2D eigenvalue weighted by Gasteiger charge is 2.22. The Bertz CT molecular complexity index is 868. The Hall–Kier alpha value is -2.18. The standard InChI is InChI=1S/C20H27N5O/c1-23-19(11-17-6-2-3-7-20(17)23)15-24-9-4-5-16(12-24)13-25-14-18(8-10-26)21-22-25/h2-3,6-7,11,14,16,26H,4-5,8-10,12-13,15H2,1H3/t16-/m1/s1. The monoisotopic (exact) mass is 353 g/mol. The lowest BCUT2D eigenvalue weighted by molar-refractivity contribution is 0.150. The van der Waals surface area contributed by atoms with E-state index < -0.39 is 0 Å². The van der Waals surface area contributed by atoms with Crippen LogP contribution in [0.3, 0.4) is 0 Å². The third-order valence-corrected chi connectivity index (χ3v) is 5.44. The minimum Gasteiger partial charge on any atom is -0.396 e. The first-order chi connectivity index (χ1) is 12.7. The van der Waals surface area contributed by atoms with E-state index in [2.05, 4.69) is 57.2 Å². The molecular weight excluding hydrogens is 326 g/mol. The summed E-state index contributed by atoms with van der Waals surface area (Å²) in [6.45, 7) is 4.28. The fourth-order valence-electron chi connectivity index (χ4n) is 4.09. The van der Waals surface area contributed by atoms with Crippen LogP contribution >= 0.6 is 0 Å². The molecule has 4 rings (SSSR count). The largest absolute Gasteiger partial charge is 0.396 e. The first kappa shape index (κ1) is 17.2. The van der Waals surface area contributed by atoms with Gasteiger partial charge in [0.05, 0.1) is 5.69 Å². The molecule has 0 bridgehead atoms. The summed E-state index contributed by atoms with van der Waals surface area (Å²) in [5.41, 5.74) is 3.54. The average Bonchev–Trinajstić information content (AvgIpc) is 3.21. The third kappa shape index (κ3) is 3.66. The summed E-state index contributed by atoms with van der Waals surface area (Å²) in [6, 6.07) is 10.9. The third-order valence-electron chi connectivity index (χ3n) is 5.44. The number of para-hydroxylation sites is 1. The molecule has 138 valence electrons. The van der Waals surface area contributed by atoms with Crippen molar-refractivity contribution in [1.29, 1.82) is 0 Å². The number of aromatic nitrogens is 4. The Morgan fingerprint density at radius 3 is 3.00 bits per heavy atom. The predicted octanol–water partition coefficient (Wildman–Crippen LogP) is 2.22. The smallest absolute Gasteiger partial charge is 0.0849 e. The molecule has 0 unspecified atom stereocenters. The second kappa shape index (κ2) is 7.60. The summed E-state index contributed by atoms with van der Waals surface area (Å²) in [7, 11) is 2.16. The predicted molar refractivity (Wildman–Crippen MR) is 102 cm³/mol. The first-order valence-corrected chi connectivity index (χ1v) is 9.48. The van der Waals surface area contributed by atoms with Crippen LogP contribution in [0.15, 0.2) is 36.5 Å². The zero-order valence-corrected chi connectivity index (χ0v) is 15.4. The molecule has 1 aliphatic rings. The maximum atomic E-state index is 9.01. The van der Waals surface area contributed by atoms with E-state index in [0.717, 1.165) is 31.9 Å². The number of hydrogen-bond donors (Lipinski definition) is 1. The van der Waals surface area contributed by atoms with Crippen molar-refractivity contribution in [1.82, 2.24) is 24.5 Å². The molecule has 3 heterocycles. The van der Waals surface area contributed by atoms with E-state index in [1.54, 1.807) is 0 Å². The molecule has 0 radical (unpaired) electrons. The van der Waals surface area contributed by atoms with Crippen molar-refractivity contribution in [2.45, 2.75) is 32.4 Å². The van der Waals surface area contributed by atoms with E-state index in [1.807, 2.05) is 10.9 Å². The van der Waals surface area contributed by atoms with E-state index in [0.29, 0.717) is 12.3 Å². The van der Waals surface area contributed by atoms with Gasteiger partial charge in [0.1, 0.15) is 0 Å². The SMILES string of the molecule is Cn1c(CN2CCC[C@@H](Cn3cc(CCO)nn3)C2)cc2ccccc21. The number of benzene rings is 1. The highest BCUT2D eigenvalue weighted by atomic mass is 16.3. The summed E-state index contributed by atoms with van der Waals surface area (Å²) < 4.78 is 4.26. The van der Waals surface area contributed by atoms with Crippen molar-refractivity contribution in [3.05, 3.63) is 47.9 Å². The molecule has 1 saturated heterocycles. The van der Waals surface area contributed by atoms with Crippen LogP contribution in [0.5, 0.6) is 0 Å². The lowest BCUT2D eigenvalue weighted by Crippen LogP contribution is -2.37. The van der Waals surface area contributed by atoms with Crippen LogP contribution in [-0.4, -0.2) is 49.3 Å². The minimum absolute atomic E-state index is 0.126. The van der Waals surface area contributed by atoms with Gasteiger partial charge in [0, 0.05) is 57.1 Å².